The fraction of sp³-hybridized carbons (Fsp3) is 0.300. The van der Waals surface area contributed by atoms with Gasteiger partial charge in [0.1, 0.15) is 5.69 Å². The number of halogens is 1. The molecule has 0 radical (unpaired) electrons. The van der Waals surface area contributed by atoms with E-state index in [9.17, 15) is 9.59 Å². The fourth-order valence-corrected chi connectivity index (χ4v) is 3.20. The Bertz CT molecular complexity index is 1070. The minimum atomic E-state index is -0.525. The molecule has 29 heavy (non-hydrogen) atoms. The number of anilines is 1. The molecule has 0 unspecified atom stereocenters. The van der Waals surface area contributed by atoms with Crippen molar-refractivity contribution in [3.63, 3.8) is 0 Å². The number of amides is 1. The zero-order valence-corrected chi connectivity index (χ0v) is 17.4. The van der Waals surface area contributed by atoms with Crippen LogP contribution in [0.2, 0.25) is 5.02 Å². The smallest absolute Gasteiger partial charge is 0.356 e. The zero-order chi connectivity index (χ0) is 21.1. The minimum absolute atomic E-state index is 0.122. The van der Waals surface area contributed by atoms with Gasteiger partial charge in [-0.25, -0.2) is 4.79 Å². The van der Waals surface area contributed by atoms with E-state index in [2.05, 4.69) is 15.5 Å². The first kappa shape index (κ1) is 20.6. The molecule has 0 aliphatic heterocycles. The average molecular weight is 416 g/mol. The second kappa shape index (κ2) is 8.48. The Morgan fingerprint density at radius 2 is 1.97 bits per heavy atom. The Balaban J connectivity index is 1.80. The molecule has 1 amide bonds. The highest BCUT2D eigenvalue weighted by molar-refractivity contribution is 6.30. The topological polar surface area (TPSA) is 91.0 Å². The third-order valence-corrected chi connectivity index (χ3v) is 4.67. The van der Waals surface area contributed by atoms with Crippen molar-refractivity contribution < 1.29 is 14.3 Å². The largest absolute Gasteiger partial charge is 0.461 e. The quantitative estimate of drug-likeness (QED) is 0.623. The molecule has 2 aromatic heterocycles. The van der Waals surface area contributed by atoms with Gasteiger partial charge in [-0.2, -0.15) is 10.2 Å². The lowest BCUT2D eigenvalue weighted by atomic mass is 10.2. The van der Waals surface area contributed by atoms with Crippen molar-refractivity contribution in [2.24, 2.45) is 7.05 Å². The number of nitrogens with zero attached hydrogens (tertiary/aromatic N) is 4. The van der Waals surface area contributed by atoms with E-state index in [-0.39, 0.29) is 18.0 Å². The van der Waals surface area contributed by atoms with Gasteiger partial charge < -0.3 is 10.1 Å². The third kappa shape index (κ3) is 4.48. The summed E-state index contributed by atoms with van der Waals surface area (Å²) in [4.78, 5) is 24.6. The number of nitrogens with one attached hydrogen (secondary N) is 1. The SMILES string of the molecule is CCOC(=O)c1cc(C(=O)Nc2c(C)nn(Cc3cccc(Cl)c3)c2C)nn1C. The number of rotatable bonds is 6. The molecule has 9 heteroatoms. The zero-order valence-electron chi connectivity index (χ0n) is 16.7. The van der Waals surface area contributed by atoms with Crippen molar-refractivity contribution in [2.75, 3.05) is 11.9 Å². The molecule has 0 fully saturated rings. The van der Waals surface area contributed by atoms with Gasteiger partial charge in [-0.3, -0.25) is 14.2 Å². The number of esters is 1. The molecule has 8 nitrogen and oxygen atoms in total. The van der Waals surface area contributed by atoms with Crippen LogP contribution in [0.15, 0.2) is 30.3 Å². The number of ether oxygens (including phenoxy) is 1. The van der Waals surface area contributed by atoms with Crippen molar-refractivity contribution >= 4 is 29.2 Å². The van der Waals surface area contributed by atoms with Gasteiger partial charge in [0.15, 0.2) is 5.69 Å². The van der Waals surface area contributed by atoms with Gasteiger partial charge in [0.25, 0.3) is 5.91 Å². The van der Waals surface area contributed by atoms with Crippen molar-refractivity contribution in [3.8, 4) is 0 Å². The van der Waals surface area contributed by atoms with Crippen LogP contribution in [0, 0.1) is 13.8 Å². The van der Waals surface area contributed by atoms with Crippen molar-refractivity contribution in [2.45, 2.75) is 27.3 Å². The Kier molecular flexibility index (Phi) is 6.03. The number of hydrogen-bond acceptors (Lipinski definition) is 5. The van der Waals surface area contributed by atoms with Crippen LogP contribution in [0.1, 0.15) is 44.9 Å². The van der Waals surface area contributed by atoms with Gasteiger partial charge in [0, 0.05) is 18.1 Å². The molecular weight excluding hydrogens is 394 g/mol. The lowest BCUT2D eigenvalue weighted by molar-refractivity contribution is 0.0513. The molecule has 3 aromatic rings. The van der Waals surface area contributed by atoms with E-state index in [4.69, 9.17) is 16.3 Å². The molecule has 0 spiro atoms. The molecule has 0 saturated carbocycles. The van der Waals surface area contributed by atoms with E-state index in [1.165, 1.54) is 10.7 Å². The Morgan fingerprint density at radius 3 is 2.66 bits per heavy atom. The maximum Gasteiger partial charge on any atom is 0.356 e. The summed E-state index contributed by atoms with van der Waals surface area (Å²) in [6.07, 6.45) is 0. The van der Waals surface area contributed by atoms with Crippen LogP contribution in [0.3, 0.4) is 0 Å². The summed E-state index contributed by atoms with van der Waals surface area (Å²) in [7, 11) is 1.59. The number of carbonyl (C=O) groups is 2. The van der Waals surface area contributed by atoms with Crippen LogP contribution in [-0.2, 0) is 18.3 Å². The van der Waals surface area contributed by atoms with Gasteiger partial charge in [-0.15, -0.1) is 0 Å². The summed E-state index contributed by atoms with van der Waals surface area (Å²) in [5.74, 6) is -0.951. The van der Waals surface area contributed by atoms with E-state index >= 15 is 0 Å². The minimum Gasteiger partial charge on any atom is -0.461 e. The standard InChI is InChI=1S/C20H22ClN5O3/c1-5-29-20(28)17-10-16(24-25(17)4)19(27)22-18-12(2)23-26(13(18)3)11-14-7-6-8-15(21)9-14/h6-10H,5,11H2,1-4H3,(H,22,27). The monoisotopic (exact) mass is 415 g/mol. The first-order valence-corrected chi connectivity index (χ1v) is 9.49. The maximum absolute atomic E-state index is 12.7. The van der Waals surface area contributed by atoms with Gasteiger partial charge >= 0.3 is 5.97 Å². The molecule has 0 atom stereocenters. The Labute approximate surface area is 173 Å². The maximum atomic E-state index is 12.7. The molecule has 1 N–H and O–H groups in total. The highest BCUT2D eigenvalue weighted by Crippen LogP contribution is 2.22. The lowest BCUT2D eigenvalue weighted by Crippen LogP contribution is -2.14. The van der Waals surface area contributed by atoms with Crippen molar-refractivity contribution in [3.05, 3.63) is 63.7 Å². The molecular formula is C20H22ClN5O3. The molecule has 152 valence electrons. The van der Waals surface area contributed by atoms with Crippen molar-refractivity contribution in [1.29, 1.82) is 0 Å². The predicted octanol–water partition coefficient (Wildman–Crippen LogP) is 3.36. The van der Waals surface area contributed by atoms with Crippen LogP contribution in [0.5, 0.6) is 0 Å². The molecule has 0 bridgehead atoms. The number of benzene rings is 1. The fourth-order valence-electron chi connectivity index (χ4n) is 2.99. The number of hydrogen-bond donors (Lipinski definition) is 1. The Hall–Kier alpha value is -3.13. The van der Waals surface area contributed by atoms with E-state index < -0.39 is 11.9 Å². The predicted molar refractivity (Wildman–Crippen MR) is 109 cm³/mol. The number of aryl methyl sites for hydroxylation is 2. The highest BCUT2D eigenvalue weighted by atomic mass is 35.5. The van der Waals surface area contributed by atoms with Crippen molar-refractivity contribution in [1.82, 2.24) is 19.6 Å². The molecule has 0 saturated heterocycles. The van der Waals surface area contributed by atoms with Gasteiger partial charge in [0.2, 0.25) is 0 Å². The summed E-state index contributed by atoms with van der Waals surface area (Å²) in [5, 5.41) is 12.1. The van der Waals surface area contributed by atoms with E-state index in [1.54, 1.807) is 18.7 Å². The third-order valence-electron chi connectivity index (χ3n) is 4.44. The van der Waals surface area contributed by atoms with Gasteiger partial charge in [-0.05, 0) is 38.5 Å². The van der Waals surface area contributed by atoms with Gasteiger partial charge in [-0.1, -0.05) is 23.7 Å². The van der Waals surface area contributed by atoms with Crippen LogP contribution in [0.4, 0.5) is 5.69 Å². The normalized spacial score (nSPS) is 10.8. The first-order chi connectivity index (χ1) is 13.8. The van der Waals surface area contributed by atoms with Crippen LogP contribution in [0.25, 0.3) is 0 Å². The van der Waals surface area contributed by atoms with E-state index in [1.807, 2.05) is 38.1 Å². The molecule has 0 aliphatic rings. The molecule has 0 aliphatic carbocycles. The number of carbonyl (C=O) groups excluding carboxylic acids is 2. The lowest BCUT2D eigenvalue weighted by Gasteiger charge is -2.07. The first-order valence-electron chi connectivity index (χ1n) is 9.11. The summed E-state index contributed by atoms with van der Waals surface area (Å²) < 4.78 is 8.11. The summed E-state index contributed by atoms with van der Waals surface area (Å²) in [5.41, 5.74) is 3.43. The second-order valence-electron chi connectivity index (χ2n) is 6.55. The van der Waals surface area contributed by atoms with Crippen LogP contribution in [-0.4, -0.2) is 38.0 Å². The average Bonchev–Trinajstić information content (AvgIpc) is 3.17. The van der Waals surface area contributed by atoms with Crippen LogP contribution >= 0.6 is 11.6 Å². The summed E-state index contributed by atoms with van der Waals surface area (Å²) >= 11 is 6.05. The second-order valence-corrected chi connectivity index (χ2v) is 6.98. The molecule has 2 heterocycles. The van der Waals surface area contributed by atoms with E-state index in [0.29, 0.717) is 22.9 Å². The highest BCUT2D eigenvalue weighted by Gasteiger charge is 2.21. The summed E-state index contributed by atoms with van der Waals surface area (Å²) in [6.45, 7) is 6.19. The summed E-state index contributed by atoms with van der Waals surface area (Å²) in [6, 6.07) is 8.95. The molecule has 1 aromatic carbocycles. The van der Waals surface area contributed by atoms with E-state index in [0.717, 1.165) is 11.3 Å². The Morgan fingerprint density at radius 1 is 1.21 bits per heavy atom. The van der Waals surface area contributed by atoms with Crippen LogP contribution < -0.4 is 5.32 Å². The van der Waals surface area contributed by atoms with Gasteiger partial charge in [0.05, 0.1) is 30.2 Å². The number of aromatic nitrogens is 4. The molecule has 3 rings (SSSR count).